The molecule has 3 nitrogen and oxygen atoms in total. The van der Waals surface area contributed by atoms with E-state index in [0.29, 0.717) is 0 Å². The van der Waals surface area contributed by atoms with Crippen LogP contribution in [0, 0.1) is 0 Å². The molecule has 0 unspecified atom stereocenters. The number of aromatic nitrogens is 2. The Kier molecular flexibility index (Phi) is 1.32. The molecule has 0 saturated heterocycles. The minimum atomic E-state index is 0.924. The minimum absolute atomic E-state index is 0.924. The molecule has 0 saturated carbocycles. The van der Waals surface area contributed by atoms with Gasteiger partial charge in [0.05, 0.1) is 5.69 Å². The molecule has 0 aliphatic carbocycles. The zero-order valence-corrected chi connectivity index (χ0v) is 4.33. The Morgan fingerprint density at radius 1 is 1.75 bits per heavy atom. The molecular formula is C5H7N3. The van der Waals surface area contributed by atoms with Crippen molar-refractivity contribution < 1.29 is 0 Å². The summed E-state index contributed by atoms with van der Waals surface area (Å²) in [6, 6.07) is 1.84. The zero-order valence-electron chi connectivity index (χ0n) is 4.33. The van der Waals surface area contributed by atoms with Crippen molar-refractivity contribution in [2.45, 2.75) is 0 Å². The van der Waals surface area contributed by atoms with Crippen molar-refractivity contribution in [2.24, 2.45) is 5.73 Å². The molecule has 3 N–H and O–H groups in total. The Hall–Kier alpha value is -1.25. The molecule has 0 aromatic carbocycles. The van der Waals surface area contributed by atoms with Gasteiger partial charge in [0.2, 0.25) is 0 Å². The highest BCUT2D eigenvalue weighted by atomic mass is 15.1. The number of rotatable bonds is 1. The Morgan fingerprint density at radius 2 is 2.62 bits per heavy atom. The van der Waals surface area contributed by atoms with E-state index in [4.69, 9.17) is 5.73 Å². The second kappa shape index (κ2) is 2.16. The van der Waals surface area contributed by atoms with E-state index in [1.807, 2.05) is 6.07 Å². The molecule has 0 aliphatic heterocycles. The van der Waals surface area contributed by atoms with Crippen molar-refractivity contribution >= 4 is 6.08 Å². The standard InChI is InChI=1S/C5H7N3/c6-3-1-5-2-4-7-8-5/h1-4H,6H2,(H,7,8)/b3-1+. The quantitative estimate of drug-likeness (QED) is 0.546. The van der Waals surface area contributed by atoms with Gasteiger partial charge in [0, 0.05) is 6.20 Å². The summed E-state index contributed by atoms with van der Waals surface area (Å²) >= 11 is 0. The van der Waals surface area contributed by atoms with Crippen LogP contribution in [-0.2, 0) is 0 Å². The molecule has 1 aromatic heterocycles. The van der Waals surface area contributed by atoms with Crippen LogP contribution in [-0.4, -0.2) is 10.2 Å². The highest BCUT2D eigenvalue weighted by molar-refractivity contribution is 5.41. The Morgan fingerprint density at radius 3 is 3.12 bits per heavy atom. The van der Waals surface area contributed by atoms with Gasteiger partial charge in [-0.2, -0.15) is 5.10 Å². The van der Waals surface area contributed by atoms with Crippen LogP contribution in [0.1, 0.15) is 5.69 Å². The maximum absolute atomic E-state index is 5.09. The predicted octanol–water partition coefficient (Wildman–Crippen LogP) is 0.339. The van der Waals surface area contributed by atoms with Gasteiger partial charge in [-0.25, -0.2) is 0 Å². The molecule has 1 aromatic rings. The van der Waals surface area contributed by atoms with Crippen LogP contribution in [0.15, 0.2) is 18.5 Å². The molecule has 0 aliphatic rings. The molecule has 3 heteroatoms. The maximum atomic E-state index is 5.09. The monoisotopic (exact) mass is 109 g/mol. The maximum Gasteiger partial charge on any atom is 0.0592 e. The molecule has 0 fully saturated rings. The van der Waals surface area contributed by atoms with Gasteiger partial charge in [0.1, 0.15) is 0 Å². The van der Waals surface area contributed by atoms with Gasteiger partial charge in [-0.15, -0.1) is 0 Å². The number of nitrogens with one attached hydrogen (secondary N) is 1. The van der Waals surface area contributed by atoms with Crippen LogP contribution in [0.25, 0.3) is 6.08 Å². The number of hydrogen-bond acceptors (Lipinski definition) is 2. The fourth-order valence-electron chi connectivity index (χ4n) is 0.463. The topological polar surface area (TPSA) is 54.7 Å². The number of hydrogen-bond donors (Lipinski definition) is 2. The van der Waals surface area contributed by atoms with E-state index in [2.05, 4.69) is 10.2 Å². The Labute approximate surface area is 47.2 Å². The largest absolute Gasteiger partial charge is 0.405 e. The fourth-order valence-corrected chi connectivity index (χ4v) is 0.463. The lowest BCUT2D eigenvalue weighted by molar-refractivity contribution is 1.08. The third-order valence-electron chi connectivity index (χ3n) is 0.798. The van der Waals surface area contributed by atoms with Crippen LogP contribution >= 0.6 is 0 Å². The molecule has 0 bridgehead atoms. The number of nitrogens with zero attached hydrogens (tertiary/aromatic N) is 1. The first kappa shape index (κ1) is 4.90. The van der Waals surface area contributed by atoms with Crippen molar-refractivity contribution in [3.05, 3.63) is 24.2 Å². The molecule has 42 valence electrons. The summed E-state index contributed by atoms with van der Waals surface area (Å²) in [5.74, 6) is 0. The summed E-state index contributed by atoms with van der Waals surface area (Å²) < 4.78 is 0. The number of nitrogens with two attached hydrogens (primary N) is 1. The first-order valence-electron chi connectivity index (χ1n) is 2.31. The molecule has 8 heavy (non-hydrogen) atoms. The van der Waals surface area contributed by atoms with Crippen LogP contribution in [0.3, 0.4) is 0 Å². The number of aromatic amines is 1. The van der Waals surface area contributed by atoms with E-state index < -0.39 is 0 Å². The Bertz CT molecular complexity index is 164. The molecule has 0 amide bonds. The van der Waals surface area contributed by atoms with Crippen LogP contribution < -0.4 is 5.73 Å². The second-order valence-electron chi connectivity index (χ2n) is 1.37. The van der Waals surface area contributed by atoms with Gasteiger partial charge in [-0.05, 0) is 18.3 Å². The summed E-state index contributed by atoms with van der Waals surface area (Å²) in [6.45, 7) is 0. The molecular weight excluding hydrogens is 102 g/mol. The van der Waals surface area contributed by atoms with Crippen LogP contribution in [0.2, 0.25) is 0 Å². The summed E-state index contributed by atoms with van der Waals surface area (Å²) in [5, 5.41) is 6.43. The van der Waals surface area contributed by atoms with E-state index in [1.165, 1.54) is 6.20 Å². The van der Waals surface area contributed by atoms with Gasteiger partial charge in [0.25, 0.3) is 0 Å². The summed E-state index contributed by atoms with van der Waals surface area (Å²) in [6.07, 6.45) is 4.88. The summed E-state index contributed by atoms with van der Waals surface area (Å²) in [7, 11) is 0. The second-order valence-corrected chi connectivity index (χ2v) is 1.37. The summed E-state index contributed by atoms with van der Waals surface area (Å²) in [4.78, 5) is 0. The lowest BCUT2D eigenvalue weighted by Crippen LogP contribution is -1.76. The van der Waals surface area contributed by atoms with Crippen LogP contribution in [0.4, 0.5) is 0 Å². The lowest BCUT2D eigenvalue weighted by Gasteiger charge is -1.76. The highest BCUT2D eigenvalue weighted by Crippen LogP contribution is 1.90. The van der Waals surface area contributed by atoms with E-state index >= 15 is 0 Å². The van der Waals surface area contributed by atoms with Gasteiger partial charge in [0.15, 0.2) is 0 Å². The van der Waals surface area contributed by atoms with Crippen LogP contribution in [0.5, 0.6) is 0 Å². The lowest BCUT2D eigenvalue weighted by atomic mass is 10.4. The van der Waals surface area contributed by atoms with E-state index in [-0.39, 0.29) is 0 Å². The van der Waals surface area contributed by atoms with E-state index in [0.717, 1.165) is 5.69 Å². The normalized spacial score (nSPS) is 10.5. The average Bonchev–Trinajstić information content (AvgIpc) is 2.19. The minimum Gasteiger partial charge on any atom is -0.405 e. The van der Waals surface area contributed by atoms with Crippen molar-refractivity contribution in [3.8, 4) is 0 Å². The van der Waals surface area contributed by atoms with Crippen molar-refractivity contribution in [2.75, 3.05) is 0 Å². The smallest absolute Gasteiger partial charge is 0.0592 e. The van der Waals surface area contributed by atoms with Gasteiger partial charge in [-0.1, -0.05) is 0 Å². The van der Waals surface area contributed by atoms with Crippen molar-refractivity contribution in [1.82, 2.24) is 10.2 Å². The Balaban J connectivity index is 2.77. The third-order valence-corrected chi connectivity index (χ3v) is 0.798. The van der Waals surface area contributed by atoms with Crippen molar-refractivity contribution in [1.29, 1.82) is 0 Å². The molecule has 0 spiro atoms. The first-order valence-corrected chi connectivity index (χ1v) is 2.31. The first-order chi connectivity index (χ1) is 3.93. The number of H-pyrrole nitrogens is 1. The average molecular weight is 109 g/mol. The molecule has 0 radical (unpaired) electrons. The SMILES string of the molecule is N/C=C/c1ccn[nH]1. The predicted molar refractivity (Wildman–Crippen MR) is 31.8 cm³/mol. The summed E-state index contributed by atoms with van der Waals surface area (Å²) in [5.41, 5.74) is 6.02. The van der Waals surface area contributed by atoms with Gasteiger partial charge < -0.3 is 5.73 Å². The van der Waals surface area contributed by atoms with Crippen molar-refractivity contribution in [3.63, 3.8) is 0 Å². The molecule has 1 heterocycles. The van der Waals surface area contributed by atoms with Gasteiger partial charge in [-0.3, -0.25) is 5.10 Å². The fraction of sp³-hybridized carbons (Fsp3) is 0. The molecule has 1 rings (SSSR count). The zero-order chi connectivity index (χ0) is 5.82. The van der Waals surface area contributed by atoms with E-state index in [1.54, 1.807) is 12.3 Å². The van der Waals surface area contributed by atoms with E-state index in [9.17, 15) is 0 Å². The molecule has 0 atom stereocenters. The highest BCUT2D eigenvalue weighted by Gasteiger charge is 1.80. The third kappa shape index (κ3) is 0.872. The van der Waals surface area contributed by atoms with Gasteiger partial charge >= 0.3 is 0 Å².